The number of phenolic OH excluding ortho intramolecular Hbond substituents is 1. The summed E-state index contributed by atoms with van der Waals surface area (Å²) < 4.78 is 0.957. The predicted octanol–water partition coefficient (Wildman–Crippen LogP) is 4.29. The van der Waals surface area contributed by atoms with E-state index in [0.717, 1.165) is 26.5 Å². The van der Waals surface area contributed by atoms with Gasteiger partial charge >= 0.3 is 0 Å². The fourth-order valence-electron chi connectivity index (χ4n) is 2.15. The molecule has 0 aliphatic heterocycles. The molecule has 0 saturated carbocycles. The van der Waals surface area contributed by atoms with E-state index in [1.54, 1.807) is 6.20 Å². The van der Waals surface area contributed by atoms with E-state index < -0.39 is 0 Å². The summed E-state index contributed by atoms with van der Waals surface area (Å²) in [6.45, 7) is 0. The van der Waals surface area contributed by atoms with Crippen LogP contribution < -0.4 is 0 Å². The van der Waals surface area contributed by atoms with Gasteiger partial charge in [0.25, 0.3) is 0 Å². The van der Waals surface area contributed by atoms with Crippen LogP contribution in [0, 0.1) is 0 Å². The van der Waals surface area contributed by atoms with E-state index in [-0.39, 0.29) is 0 Å². The highest BCUT2D eigenvalue weighted by Crippen LogP contribution is 2.29. The number of benzene rings is 2. The van der Waals surface area contributed by atoms with Crippen LogP contribution >= 0.6 is 15.9 Å². The molecule has 0 amide bonds. The van der Waals surface area contributed by atoms with Gasteiger partial charge in [-0.25, -0.2) is 0 Å². The van der Waals surface area contributed by atoms with Crippen molar-refractivity contribution in [3.8, 4) is 5.75 Å². The molecule has 0 saturated heterocycles. The van der Waals surface area contributed by atoms with Gasteiger partial charge < -0.3 is 5.11 Å². The van der Waals surface area contributed by atoms with Crippen molar-refractivity contribution < 1.29 is 5.11 Å². The number of hydrogen-bond acceptors (Lipinski definition) is 2. The van der Waals surface area contributed by atoms with Crippen LogP contribution in [-0.2, 0) is 6.42 Å². The van der Waals surface area contributed by atoms with Gasteiger partial charge in [0, 0.05) is 33.7 Å². The Labute approximate surface area is 119 Å². The van der Waals surface area contributed by atoms with Gasteiger partial charge in [0.2, 0.25) is 0 Å². The van der Waals surface area contributed by atoms with Crippen LogP contribution in [0.25, 0.3) is 10.8 Å². The maximum atomic E-state index is 10.3. The third-order valence-corrected chi connectivity index (χ3v) is 3.61. The van der Waals surface area contributed by atoms with Crippen LogP contribution in [0.4, 0.5) is 0 Å². The summed E-state index contributed by atoms with van der Waals surface area (Å²) in [6, 6.07) is 15.7. The Balaban J connectivity index is 2.01. The first-order chi connectivity index (χ1) is 9.24. The Morgan fingerprint density at radius 1 is 1.00 bits per heavy atom. The van der Waals surface area contributed by atoms with E-state index in [0.29, 0.717) is 12.2 Å². The lowest BCUT2D eigenvalue weighted by Crippen LogP contribution is -1.92. The molecule has 1 heterocycles. The normalized spacial score (nSPS) is 10.8. The lowest BCUT2D eigenvalue weighted by molar-refractivity contribution is 0.475. The van der Waals surface area contributed by atoms with Crippen molar-refractivity contribution in [3.05, 3.63) is 70.5 Å². The quantitative estimate of drug-likeness (QED) is 0.765. The number of fused-ring (bicyclic) bond motifs is 1. The molecule has 1 N–H and O–H groups in total. The minimum absolute atomic E-state index is 0.350. The van der Waals surface area contributed by atoms with Crippen molar-refractivity contribution in [2.75, 3.05) is 0 Å². The SMILES string of the molecule is Oc1c(Cc2ccc(Br)cn2)ccc2ccccc12. The zero-order chi connectivity index (χ0) is 13.2. The van der Waals surface area contributed by atoms with Gasteiger partial charge in [-0.15, -0.1) is 0 Å². The van der Waals surface area contributed by atoms with Crippen molar-refractivity contribution in [1.82, 2.24) is 4.98 Å². The molecular weight excluding hydrogens is 302 g/mol. The maximum absolute atomic E-state index is 10.3. The molecule has 3 heteroatoms. The third-order valence-electron chi connectivity index (χ3n) is 3.14. The van der Waals surface area contributed by atoms with Crippen LogP contribution in [-0.4, -0.2) is 10.1 Å². The Hall–Kier alpha value is -1.87. The minimum atomic E-state index is 0.350. The first kappa shape index (κ1) is 12.2. The van der Waals surface area contributed by atoms with Gasteiger partial charge in [-0.05, 0) is 33.4 Å². The van der Waals surface area contributed by atoms with E-state index in [4.69, 9.17) is 0 Å². The topological polar surface area (TPSA) is 33.1 Å². The van der Waals surface area contributed by atoms with E-state index in [1.165, 1.54) is 0 Å². The average Bonchev–Trinajstić information content (AvgIpc) is 2.45. The van der Waals surface area contributed by atoms with Crippen molar-refractivity contribution in [2.24, 2.45) is 0 Å². The molecule has 0 aliphatic rings. The molecule has 94 valence electrons. The smallest absolute Gasteiger partial charge is 0.126 e. The standard InChI is InChI=1S/C16H12BrNO/c17-13-7-8-14(18-10-13)9-12-6-5-11-3-1-2-4-15(11)16(12)19/h1-8,10,19H,9H2. The molecule has 0 radical (unpaired) electrons. The first-order valence-corrected chi connectivity index (χ1v) is 6.83. The Morgan fingerprint density at radius 3 is 2.63 bits per heavy atom. The molecule has 2 nitrogen and oxygen atoms in total. The number of rotatable bonds is 2. The summed E-state index contributed by atoms with van der Waals surface area (Å²) in [5.41, 5.74) is 1.84. The van der Waals surface area contributed by atoms with E-state index in [2.05, 4.69) is 20.9 Å². The number of halogens is 1. The third kappa shape index (κ3) is 2.47. The lowest BCUT2D eigenvalue weighted by Gasteiger charge is -2.07. The molecule has 0 bridgehead atoms. The Bertz CT molecular complexity index is 722. The van der Waals surface area contributed by atoms with Gasteiger partial charge in [0.05, 0.1) is 0 Å². The number of phenols is 1. The number of pyridine rings is 1. The highest BCUT2D eigenvalue weighted by atomic mass is 79.9. The molecular formula is C16H12BrNO. The highest BCUT2D eigenvalue weighted by Gasteiger charge is 2.07. The number of aromatic hydroxyl groups is 1. The lowest BCUT2D eigenvalue weighted by atomic mass is 10.0. The Kier molecular flexibility index (Phi) is 3.22. The molecule has 1 aromatic heterocycles. The molecule has 0 aliphatic carbocycles. The van der Waals surface area contributed by atoms with Crippen LogP contribution in [0.15, 0.2) is 59.2 Å². The van der Waals surface area contributed by atoms with Gasteiger partial charge in [0.1, 0.15) is 5.75 Å². The fourth-order valence-corrected chi connectivity index (χ4v) is 2.38. The van der Waals surface area contributed by atoms with Crippen LogP contribution in [0.1, 0.15) is 11.3 Å². The molecule has 3 rings (SSSR count). The maximum Gasteiger partial charge on any atom is 0.126 e. The molecule has 19 heavy (non-hydrogen) atoms. The predicted molar refractivity (Wildman–Crippen MR) is 80.4 cm³/mol. The molecule has 0 atom stereocenters. The summed E-state index contributed by atoms with van der Waals surface area (Å²) >= 11 is 3.37. The van der Waals surface area contributed by atoms with Gasteiger partial charge in [-0.3, -0.25) is 4.98 Å². The minimum Gasteiger partial charge on any atom is -0.507 e. The largest absolute Gasteiger partial charge is 0.507 e. The summed E-state index contributed by atoms with van der Waals surface area (Å²) in [6.07, 6.45) is 2.40. The van der Waals surface area contributed by atoms with E-state index in [9.17, 15) is 5.11 Å². The van der Waals surface area contributed by atoms with Crippen molar-refractivity contribution >= 4 is 26.7 Å². The fraction of sp³-hybridized carbons (Fsp3) is 0.0625. The number of aromatic nitrogens is 1. The second kappa shape index (κ2) is 5.02. The van der Waals surface area contributed by atoms with Crippen molar-refractivity contribution in [2.45, 2.75) is 6.42 Å². The van der Waals surface area contributed by atoms with Gasteiger partial charge in [-0.1, -0.05) is 36.4 Å². The molecule has 3 aromatic rings. The number of hydrogen-bond donors (Lipinski definition) is 1. The summed E-state index contributed by atoms with van der Waals surface area (Å²) in [5.74, 6) is 0.350. The summed E-state index contributed by atoms with van der Waals surface area (Å²) in [4.78, 5) is 4.34. The first-order valence-electron chi connectivity index (χ1n) is 6.04. The van der Waals surface area contributed by atoms with Crippen LogP contribution in [0.5, 0.6) is 5.75 Å². The van der Waals surface area contributed by atoms with Gasteiger partial charge in [0.15, 0.2) is 0 Å². The van der Waals surface area contributed by atoms with Crippen molar-refractivity contribution in [1.29, 1.82) is 0 Å². The van der Waals surface area contributed by atoms with Gasteiger partial charge in [-0.2, -0.15) is 0 Å². The zero-order valence-corrected chi connectivity index (χ0v) is 11.8. The molecule has 2 aromatic carbocycles. The Morgan fingerprint density at radius 2 is 1.84 bits per heavy atom. The van der Waals surface area contributed by atoms with E-state index >= 15 is 0 Å². The summed E-state index contributed by atoms with van der Waals surface area (Å²) in [5, 5.41) is 12.3. The number of nitrogens with zero attached hydrogens (tertiary/aromatic N) is 1. The zero-order valence-electron chi connectivity index (χ0n) is 10.2. The summed E-state index contributed by atoms with van der Waals surface area (Å²) in [7, 11) is 0. The molecule has 0 fully saturated rings. The van der Waals surface area contributed by atoms with Crippen molar-refractivity contribution in [3.63, 3.8) is 0 Å². The second-order valence-electron chi connectivity index (χ2n) is 4.44. The van der Waals surface area contributed by atoms with Crippen LogP contribution in [0.3, 0.4) is 0 Å². The molecule has 0 spiro atoms. The second-order valence-corrected chi connectivity index (χ2v) is 5.35. The molecule has 0 unspecified atom stereocenters. The average molecular weight is 314 g/mol. The van der Waals surface area contributed by atoms with Crippen LogP contribution in [0.2, 0.25) is 0 Å². The highest BCUT2D eigenvalue weighted by molar-refractivity contribution is 9.10. The monoisotopic (exact) mass is 313 g/mol. The van der Waals surface area contributed by atoms with E-state index in [1.807, 2.05) is 48.5 Å².